The predicted molar refractivity (Wildman–Crippen MR) is 62.8 cm³/mol. The molecule has 90 valence electrons. The number of rotatable bonds is 7. The molecule has 0 spiro atoms. The van der Waals surface area contributed by atoms with Crippen LogP contribution in [0.15, 0.2) is 0 Å². The van der Waals surface area contributed by atoms with E-state index in [2.05, 4.69) is 4.74 Å². The van der Waals surface area contributed by atoms with Gasteiger partial charge in [-0.25, -0.2) is 0 Å². The number of carbonyl (C=O) groups is 1. The zero-order chi connectivity index (χ0) is 11.9. The Morgan fingerprint density at radius 3 is 2.73 bits per heavy atom. The third-order valence-electron chi connectivity index (χ3n) is 2.25. The molecule has 0 rings (SSSR count). The molecule has 0 aliphatic rings. The van der Waals surface area contributed by atoms with Crippen molar-refractivity contribution in [1.29, 1.82) is 0 Å². The molecule has 5 heteroatoms. The number of aliphatic hydroxyl groups is 1. The van der Waals surface area contributed by atoms with E-state index in [1.807, 2.05) is 6.92 Å². The Bertz CT molecular complexity index is 197. The van der Waals surface area contributed by atoms with E-state index in [1.54, 1.807) is 18.7 Å². The minimum absolute atomic E-state index is 0.377. The zero-order valence-electron chi connectivity index (χ0n) is 9.66. The molecule has 0 aromatic carbocycles. The van der Waals surface area contributed by atoms with Crippen LogP contribution >= 0.6 is 11.8 Å². The van der Waals surface area contributed by atoms with Gasteiger partial charge < -0.3 is 15.6 Å². The van der Waals surface area contributed by atoms with Crippen LogP contribution in [0.3, 0.4) is 0 Å². The first-order chi connectivity index (χ1) is 6.93. The topological polar surface area (TPSA) is 72.5 Å². The van der Waals surface area contributed by atoms with Crippen LogP contribution in [0.2, 0.25) is 0 Å². The lowest BCUT2D eigenvalue weighted by Crippen LogP contribution is -2.32. The lowest BCUT2D eigenvalue weighted by Gasteiger charge is -2.20. The smallest absolute Gasteiger partial charge is 0.322 e. The first kappa shape index (κ1) is 14.7. The summed E-state index contributed by atoms with van der Waals surface area (Å²) in [7, 11) is 1.33. The van der Waals surface area contributed by atoms with Crippen molar-refractivity contribution in [3.05, 3.63) is 0 Å². The molecule has 0 radical (unpaired) electrons. The second kappa shape index (κ2) is 7.09. The molecule has 0 aromatic heterocycles. The van der Waals surface area contributed by atoms with E-state index in [4.69, 9.17) is 5.73 Å². The van der Waals surface area contributed by atoms with Crippen LogP contribution in [0.4, 0.5) is 0 Å². The highest BCUT2D eigenvalue weighted by Crippen LogP contribution is 2.17. The number of hydrogen-bond donors (Lipinski definition) is 2. The van der Waals surface area contributed by atoms with E-state index in [1.165, 1.54) is 7.11 Å². The third-order valence-corrected chi connectivity index (χ3v) is 3.60. The van der Waals surface area contributed by atoms with Crippen molar-refractivity contribution < 1.29 is 14.6 Å². The average molecular weight is 235 g/mol. The van der Waals surface area contributed by atoms with Gasteiger partial charge in [-0.05, 0) is 25.5 Å². The molecule has 0 aliphatic carbocycles. The molecule has 4 nitrogen and oxygen atoms in total. The van der Waals surface area contributed by atoms with Crippen molar-refractivity contribution >= 4 is 17.7 Å². The van der Waals surface area contributed by atoms with Crippen LogP contribution in [0.25, 0.3) is 0 Å². The molecule has 3 N–H and O–H groups in total. The van der Waals surface area contributed by atoms with Gasteiger partial charge in [0, 0.05) is 5.75 Å². The summed E-state index contributed by atoms with van der Waals surface area (Å²) in [6, 6.07) is -0.547. The molecule has 15 heavy (non-hydrogen) atoms. The van der Waals surface area contributed by atoms with Gasteiger partial charge in [-0.15, -0.1) is 0 Å². The van der Waals surface area contributed by atoms with Crippen LogP contribution in [0.5, 0.6) is 0 Å². The fraction of sp³-hybridized carbons (Fsp3) is 0.900. The predicted octanol–water partition coefficient (Wildman–Crippen LogP) is 0.771. The van der Waals surface area contributed by atoms with E-state index in [0.717, 1.165) is 12.2 Å². The number of carbonyl (C=O) groups excluding carboxylic acids is 1. The molecule has 2 unspecified atom stereocenters. The van der Waals surface area contributed by atoms with Crippen molar-refractivity contribution in [3.8, 4) is 0 Å². The number of nitrogens with two attached hydrogens (primary N) is 1. The maximum atomic E-state index is 11.0. The highest BCUT2D eigenvalue weighted by molar-refractivity contribution is 7.99. The standard InChI is InChI=1S/C10H21NO3S/c1-4-10(2,13)7-15-6-5-8(11)9(12)14-3/h8,13H,4-7,11H2,1-3H3. The van der Waals surface area contributed by atoms with Gasteiger partial charge in [-0.1, -0.05) is 6.92 Å². The summed E-state index contributed by atoms with van der Waals surface area (Å²) >= 11 is 1.60. The Kier molecular flexibility index (Phi) is 6.96. The molecular weight excluding hydrogens is 214 g/mol. The van der Waals surface area contributed by atoms with E-state index < -0.39 is 11.6 Å². The SMILES string of the molecule is CCC(C)(O)CSCCC(N)C(=O)OC. The maximum absolute atomic E-state index is 11.0. The van der Waals surface area contributed by atoms with Crippen molar-refractivity contribution in [3.63, 3.8) is 0 Å². The number of esters is 1. The summed E-state index contributed by atoms with van der Waals surface area (Å²) in [5, 5.41) is 9.70. The van der Waals surface area contributed by atoms with Crippen LogP contribution < -0.4 is 5.73 Å². The van der Waals surface area contributed by atoms with Gasteiger partial charge in [0.15, 0.2) is 0 Å². The van der Waals surface area contributed by atoms with Crippen molar-refractivity contribution in [2.45, 2.75) is 38.3 Å². The van der Waals surface area contributed by atoms with Crippen molar-refractivity contribution in [2.75, 3.05) is 18.6 Å². The number of methoxy groups -OCH3 is 1. The van der Waals surface area contributed by atoms with Crippen molar-refractivity contribution in [2.24, 2.45) is 5.73 Å². The third kappa shape index (κ3) is 6.76. The number of hydrogen-bond acceptors (Lipinski definition) is 5. The molecule has 0 bridgehead atoms. The van der Waals surface area contributed by atoms with Crippen LogP contribution in [0.1, 0.15) is 26.7 Å². The first-order valence-electron chi connectivity index (χ1n) is 5.06. The molecule has 0 saturated heterocycles. The minimum Gasteiger partial charge on any atom is -0.468 e. The lowest BCUT2D eigenvalue weighted by atomic mass is 10.1. The number of ether oxygens (including phenoxy) is 1. The maximum Gasteiger partial charge on any atom is 0.322 e. The fourth-order valence-electron chi connectivity index (χ4n) is 0.874. The monoisotopic (exact) mass is 235 g/mol. The first-order valence-corrected chi connectivity index (χ1v) is 6.22. The highest BCUT2D eigenvalue weighted by atomic mass is 32.2. The lowest BCUT2D eigenvalue weighted by molar-refractivity contribution is -0.142. The summed E-state index contributed by atoms with van der Waals surface area (Å²) in [6.45, 7) is 3.75. The summed E-state index contributed by atoms with van der Waals surface area (Å²) in [4.78, 5) is 11.0. The van der Waals surface area contributed by atoms with Gasteiger partial charge >= 0.3 is 5.97 Å². The molecule has 0 aromatic rings. The zero-order valence-corrected chi connectivity index (χ0v) is 10.5. The molecule has 0 fully saturated rings. The Morgan fingerprint density at radius 1 is 1.67 bits per heavy atom. The molecule has 2 atom stereocenters. The number of thioether (sulfide) groups is 1. The average Bonchev–Trinajstić information content (AvgIpc) is 2.22. The van der Waals surface area contributed by atoms with Gasteiger partial charge in [-0.2, -0.15) is 11.8 Å². The van der Waals surface area contributed by atoms with Gasteiger partial charge in [-0.3, -0.25) is 4.79 Å². The van der Waals surface area contributed by atoms with Crippen LogP contribution in [-0.4, -0.2) is 41.3 Å². The Morgan fingerprint density at radius 2 is 2.27 bits per heavy atom. The van der Waals surface area contributed by atoms with E-state index >= 15 is 0 Å². The summed E-state index contributed by atoms with van der Waals surface area (Å²) in [5.41, 5.74) is 4.93. The second-order valence-electron chi connectivity index (χ2n) is 3.82. The highest BCUT2D eigenvalue weighted by Gasteiger charge is 2.18. The van der Waals surface area contributed by atoms with Gasteiger partial charge in [0.05, 0.1) is 12.7 Å². The minimum atomic E-state index is -0.625. The summed E-state index contributed by atoms with van der Waals surface area (Å²) in [6.07, 6.45) is 1.31. The summed E-state index contributed by atoms with van der Waals surface area (Å²) < 4.78 is 4.51. The second-order valence-corrected chi connectivity index (χ2v) is 4.93. The van der Waals surface area contributed by atoms with Gasteiger partial charge in [0.2, 0.25) is 0 Å². The molecule has 0 heterocycles. The molecule has 0 amide bonds. The van der Waals surface area contributed by atoms with Gasteiger partial charge in [0.25, 0.3) is 0 Å². The van der Waals surface area contributed by atoms with Crippen LogP contribution in [-0.2, 0) is 9.53 Å². The Balaban J connectivity index is 3.59. The van der Waals surface area contributed by atoms with E-state index in [-0.39, 0.29) is 5.97 Å². The normalized spacial score (nSPS) is 16.9. The quantitative estimate of drug-likeness (QED) is 0.504. The van der Waals surface area contributed by atoms with Gasteiger partial charge in [0.1, 0.15) is 6.04 Å². The summed E-state index contributed by atoms with van der Waals surface area (Å²) in [5.74, 6) is 1.04. The Labute approximate surface area is 95.6 Å². The molecule has 0 aliphatic heterocycles. The van der Waals surface area contributed by atoms with E-state index in [0.29, 0.717) is 12.2 Å². The Hall–Kier alpha value is -0.260. The molecular formula is C10H21NO3S. The molecule has 0 saturated carbocycles. The fourth-order valence-corrected chi connectivity index (χ4v) is 2.08. The van der Waals surface area contributed by atoms with E-state index in [9.17, 15) is 9.90 Å². The van der Waals surface area contributed by atoms with Crippen molar-refractivity contribution in [1.82, 2.24) is 0 Å². The largest absolute Gasteiger partial charge is 0.468 e. The van der Waals surface area contributed by atoms with Crippen LogP contribution in [0, 0.1) is 0 Å².